The van der Waals surface area contributed by atoms with E-state index < -0.39 is 0 Å². The molecule has 1 aromatic heterocycles. The van der Waals surface area contributed by atoms with Gasteiger partial charge in [0.15, 0.2) is 0 Å². The molecular weight excluding hydrogens is 903 g/mol. The quantitative estimate of drug-likeness (QED) is 0.143. The second-order valence-corrected chi connectivity index (χ2v) is 20.7. The fraction of sp³-hybridized carbons (Fsp3) is 0.0541. The SMILES string of the molecule is Cc1c(-c2ccccc2)c(-c2ccc3c(c2)C2C(=C3)C(c3ccccc3)c3ccc(-c4ccccc4)cc32)cc(-c2ccc3cc4n(c3c2)-c2cc(-c3ccccc3)ccc2C4c2ccccc2)c1-c1ccccc1. The first-order valence-corrected chi connectivity index (χ1v) is 26.4. The molecule has 1 heteroatoms. The molecule has 12 aromatic rings. The summed E-state index contributed by atoms with van der Waals surface area (Å²) in [6, 6.07) is 99.8. The van der Waals surface area contributed by atoms with Crippen LogP contribution in [0.25, 0.3) is 89.4 Å². The molecule has 352 valence electrons. The zero-order chi connectivity index (χ0) is 49.6. The third kappa shape index (κ3) is 6.99. The van der Waals surface area contributed by atoms with Crippen LogP contribution < -0.4 is 0 Å². The lowest BCUT2D eigenvalue weighted by atomic mass is 9.80. The van der Waals surface area contributed by atoms with Gasteiger partial charge < -0.3 is 4.57 Å². The fourth-order valence-electron chi connectivity index (χ4n) is 13.3. The van der Waals surface area contributed by atoms with Crippen LogP contribution >= 0.6 is 0 Å². The average Bonchev–Trinajstić information content (AvgIpc) is 4.26. The lowest BCUT2D eigenvalue weighted by Gasteiger charge is -2.23. The van der Waals surface area contributed by atoms with E-state index in [1.807, 2.05) is 0 Å². The minimum Gasteiger partial charge on any atom is -0.312 e. The summed E-state index contributed by atoms with van der Waals surface area (Å²) < 4.78 is 2.56. The average molecular weight is 954 g/mol. The van der Waals surface area contributed by atoms with Gasteiger partial charge in [-0.3, -0.25) is 0 Å². The van der Waals surface area contributed by atoms with E-state index in [9.17, 15) is 0 Å². The lowest BCUT2D eigenvalue weighted by molar-refractivity contribution is 0.940. The summed E-state index contributed by atoms with van der Waals surface area (Å²) in [5, 5.41) is 1.24. The number of allylic oxidation sites excluding steroid dienone is 1. The summed E-state index contributed by atoms with van der Waals surface area (Å²) in [6.45, 7) is 2.35. The van der Waals surface area contributed by atoms with Gasteiger partial charge in [0, 0.05) is 22.9 Å². The van der Waals surface area contributed by atoms with E-state index in [1.54, 1.807) is 0 Å². The Morgan fingerprint density at radius 2 is 0.800 bits per heavy atom. The molecule has 0 radical (unpaired) electrons. The van der Waals surface area contributed by atoms with E-state index in [-0.39, 0.29) is 17.8 Å². The fourth-order valence-corrected chi connectivity index (χ4v) is 13.3. The molecule has 0 amide bonds. The predicted octanol–water partition coefficient (Wildman–Crippen LogP) is 19.1. The molecular formula is C74H51N. The Balaban J connectivity index is 0.943. The van der Waals surface area contributed by atoms with Crippen LogP contribution in [-0.2, 0) is 0 Å². The van der Waals surface area contributed by atoms with Crippen LogP contribution in [0, 0.1) is 6.92 Å². The summed E-state index contributed by atoms with van der Waals surface area (Å²) in [4.78, 5) is 0. The van der Waals surface area contributed by atoms with E-state index in [1.165, 1.54) is 139 Å². The van der Waals surface area contributed by atoms with Gasteiger partial charge in [-0.25, -0.2) is 0 Å². The maximum Gasteiger partial charge on any atom is 0.0538 e. The van der Waals surface area contributed by atoms with Gasteiger partial charge in [-0.05, 0) is 160 Å². The summed E-state index contributed by atoms with van der Waals surface area (Å²) in [6.07, 6.45) is 2.51. The lowest BCUT2D eigenvalue weighted by Crippen LogP contribution is -2.00. The smallest absolute Gasteiger partial charge is 0.0538 e. The van der Waals surface area contributed by atoms with Crippen molar-refractivity contribution in [3.05, 3.63) is 323 Å². The van der Waals surface area contributed by atoms with E-state index in [0.717, 1.165) is 0 Å². The first kappa shape index (κ1) is 43.3. The minimum absolute atomic E-state index is 0.121. The Morgan fingerprint density at radius 3 is 1.40 bits per heavy atom. The monoisotopic (exact) mass is 953 g/mol. The standard InChI is InChI=1S/C74H51N/c1-47-70(50-24-12-4-13-25-50)63(56-32-33-57-42-66-72(52-28-16-6-17-29-52)60-38-36-54(48-20-8-2-9-21-48)40-65(60)74(66)62(57)41-56)46-64(71(47)51-26-14-5-15-27-51)58-34-35-59-45-69-73(53-30-18-7-19-31-53)61-39-37-55(49-22-10-3-11-23-49)43-68(61)75(69)67(59)44-58/h2-46,72-74H,1H3. The van der Waals surface area contributed by atoms with Gasteiger partial charge >= 0.3 is 0 Å². The molecule has 1 nitrogen and oxygen atoms in total. The highest BCUT2D eigenvalue weighted by molar-refractivity contribution is 6.01. The summed E-state index contributed by atoms with van der Waals surface area (Å²) in [5.41, 5.74) is 30.8. The third-order valence-electron chi connectivity index (χ3n) is 16.6. The van der Waals surface area contributed by atoms with Crippen molar-refractivity contribution < 1.29 is 0 Å². The predicted molar refractivity (Wildman–Crippen MR) is 313 cm³/mol. The first-order chi connectivity index (χ1) is 37.1. The molecule has 0 spiro atoms. The normalized spacial score (nSPS) is 15.7. The van der Waals surface area contributed by atoms with Gasteiger partial charge in [-0.2, -0.15) is 0 Å². The number of nitrogens with zero attached hydrogens (tertiary/aromatic N) is 1. The molecule has 11 aromatic carbocycles. The molecule has 0 saturated carbocycles. The Labute approximate surface area is 439 Å². The van der Waals surface area contributed by atoms with Crippen LogP contribution in [0.4, 0.5) is 0 Å². The van der Waals surface area contributed by atoms with Crippen LogP contribution in [0.2, 0.25) is 0 Å². The molecule has 2 aliphatic carbocycles. The Morgan fingerprint density at radius 1 is 0.320 bits per heavy atom. The van der Waals surface area contributed by atoms with E-state index >= 15 is 0 Å². The molecule has 3 aliphatic rings. The zero-order valence-corrected chi connectivity index (χ0v) is 41.7. The molecule has 75 heavy (non-hydrogen) atoms. The van der Waals surface area contributed by atoms with Crippen LogP contribution in [0.5, 0.6) is 0 Å². The van der Waals surface area contributed by atoms with E-state index in [4.69, 9.17) is 0 Å². The van der Waals surface area contributed by atoms with Gasteiger partial charge in [0.25, 0.3) is 0 Å². The molecule has 0 fully saturated rings. The minimum atomic E-state index is 0.121. The van der Waals surface area contributed by atoms with Gasteiger partial charge in [-0.1, -0.05) is 237 Å². The van der Waals surface area contributed by atoms with Crippen molar-refractivity contribution in [2.75, 3.05) is 0 Å². The maximum atomic E-state index is 2.56. The number of rotatable bonds is 8. The molecule has 15 rings (SSSR count). The van der Waals surface area contributed by atoms with Gasteiger partial charge in [0.1, 0.15) is 0 Å². The number of benzene rings is 11. The highest BCUT2D eigenvalue weighted by atomic mass is 15.0. The van der Waals surface area contributed by atoms with E-state index in [2.05, 4.69) is 284 Å². The van der Waals surface area contributed by atoms with Crippen LogP contribution in [-0.4, -0.2) is 4.57 Å². The van der Waals surface area contributed by atoms with Crippen molar-refractivity contribution in [3.63, 3.8) is 0 Å². The van der Waals surface area contributed by atoms with Crippen molar-refractivity contribution in [2.45, 2.75) is 24.7 Å². The Hall–Kier alpha value is -9.30. The largest absolute Gasteiger partial charge is 0.312 e. The summed E-state index contributed by atoms with van der Waals surface area (Å²) in [7, 11) is 0. The summed E-state index contributed by atoms with van der Waals surface area (Å²) in [5.74, 6) is 0.461. The van der Waals surface area contributed by atoms with Crippen molar-refractivity contribution >= 4 is 17.0 Å². The maximum absolute atomic E-state index is 2.56. The Bertz CT molecular complexity index is 4210. The molecule has 0 saturated heterocycles. The van der Waals surface area contributed by atoms with Crippen LogP contribution in [0.1, 0.15) is 68.0 Å². The highest BCUT2D eigenvalue weighted by Crippen LogP contribution is 2.58. The molecule has 3 atom stereocenters. The summed E-state index contributed by atoms with van der Waals surface area (Å²) >= 11 is 0. The number of fused-ring (bicyclic) bond motifs is 10. The van der Waals surface area contributed by atoms with E-state index in [0.29, 0.717) is 0 Å². The molecule has 2 heterocycles. The topological polar surface area (TPSA) is 4.93 Å². The zero-order valence-electron chi connectivity index (χ0n) is 41.7. The van der Waals surface area contributed by atoms with Crippen LogP contribution in [0.15, 0.2) is 272 Å². The number of aromatic nitrogens is 1. The third-order valence-corrected chi connectivity index (χ3v) is 16.6. The number of hydrogen-bond acceptors (Lipinski definition) is 0. The first-order valence-electron chi connectivity index (χ1n) is 26.4. The van der Waals surface area contributed by atoms with Crippen molar-refractivity contribution in [1.82, 2.24) is 4.57 Å². The molecule has 0 N–H and O–H groups in total. The molecule has 0 bridgehead atoms. The molecule has 1 aliphatic heterocycles. The second kappa shape index (κ2) is 17.4. The van der Waals surface area contributed by atoms with Gasteiger partial charge in [0.05, 0.1) is 17.1 Å². The Kier molecular flexibility index (Phi) is 10.1. The highest BCUT2D eigenvalue weighted by Gasteiger charge is 2.42. The van der Waals surface area contributed by atoms with Crippen molar-refractivity contribution in [3.8, 4) is 72.4 Å². The van der Waals surface area contributed by atoms with Crippen molar-refractivity contribution in [1.29, 1.82) is 0 Å². The van der Waals surface area contributed by atoms with Crippen LogP contribution in [0.3, 0.4) is 0 Å². The second-order valence-electron chi connectivity index (χ2n) is 20.7. The number of hydrogen-bond donors (Lipinski definition) is 0. The van der Waals surface area contributed by atoms with Crippen molar-refractivity contribution in [2.24, 2.45) is 0 Å². The van der Waals surface area contributed by atoms with Gasteiger partial charge in [0.2, 0.25) is 0 Å². The molecule has 3 unspecified atom stereocenters. The van der Waals surface area contributed by atoms with Gasteiger partial charge in [-0.15, -0.1) is 0 Å².